The van der Waals surface area contributed by atoms with E-state index in [-0.39, 0.29) is 0 Å². The van der Waals surface area contributed by atoms with Crippen LogP contribution in [0.4, 0.5) is 0 Å². The Balaban J connectivity index is 3.03. The van der Waals surface area contributed by atoms with Crippen LogP contribution in [0.15, 0.2) is 0 Å². The summed E-state index contributed by atoms with van der Waals surface area (Å²) in [5.41, 5.74) is 0.800. The Bertz CT molecular complexity index is 253. The number of carbonyl (C=O) groups is 1. The van der Waals surface area contributed by atoms with E-state index in [0.717, 1.165) is 4.18 Å². The molecule has 0 aromatic rings. The fourth-order valence-corrected chi connectivity index (χ4v) is 15.3. The van der Waals surface area contributed by atoms with Gasteiger partial charge < -0.3 is 0 Å². The summed E-state index contributed by atoms with van der Waals surface area (Å²) in [7, 11) is 0. The van der Waals surface area contributed by atoms with Crippen LogP contribution in [0.5, 0.6) is 0 Å². The van der Waals surface area contributed by atoms with Crippen LogP contribution in [0.2, 0.25) is 11.5 Å². The molecule has 0 spiro atoms. The number of aldehydes is 1. The average molecular weight is 312 g/mol. The second-order valence-corrected chi connectivity index (χ2v) is 18.0. The van der Waals surface area contributed by atoms with Crippen molar-refractivity contribution in [1.82, 2.24) is 0 Å². The second-order valence-electron chi connectivity index (χ2n) is 6.87. The molecule has 1 heterocycles. The van der Waals surface area contributed by atoms with Gasteiger partial charge in [0.05, 0.1) is 0 Å². The molecule has 1 saturated heterocycles. The van der Waals surface area contributed by atoms with Gasteiger partial charge in [-0.25, -0.2) is 0 Å². The molecule has 1 rings (SSSR count). The molecule has 1 aliphatic rings. The molecule has 2 heteroatoms. The van der Waals surface area contributed by atoms with E-state index >= 15 is 0 Å². The summed E-state index contributed by atoms with van der Waals surface area (Å²) in [4.78, 5) is 10.8. The van der Waals surface area contributed by atoms with Gasteiger partial charge in [-0.1, -0.05) is 0 Å². The average Bonchev–Trinajstić information content (AvgIpc) is 2.09. The molecule has 0 radical (unpaired) electrons. The van der Waals surface area contributed by atoms with Crippen molar-refractivity contribution in [3.05, 3.63) is 0 Å². The fraction of sp³-hybridized carbons (Fsp3) is 0.923. The van der Waals surface area contributed by atoms with Crippen LogP contribution in [0, 0.1) is 10.8 Å². The molecule has 0 aromatic carbocycles. The van der Waals surface area contributed by atoms with Crippen molar-refractivity contribution >= 4 is 27.7 Å². The molecule has 0 aliphatic carbocycles. The van der Waals surface area contributed by atoms with E-state index < -0.39 is 21.4 Å². The molecule has 1 fully saturated rings. The first-order chi connectivity index (χ1) is 6.67. The van der Waals surface area contributed by atoms with Crippen molar-refractivity contribution in [2.75, 3.05) is 0 Å². The van der Waals surface area contributed by atoms with Gasteiger partial charge in [-0.15, -0.1) is 0 Å². The number of hydrogen-bond acceptors (Lipinski definition) is 1. The molecule has 86 valence electrons. The molecule has 0 saturated carbocycles. The zero-order valence-corrected chi connectivity index (χ0v) is 14.5. The van der Waals surface area contributed by atoms with E-state index in [1.54, 1.807) is 0 Å². The van der Waals surface area contributed by atoms with Crippen molar-refractivity contribution in [1.29, 1.82) is 0 Å². The Morgan fingerprint density at radius 1 is 1.13 bits per heavy atom. The van der Waals surface area contributed by atoms with Gasteiger partial charge >= 0.3 is 103 Å². The van der Waals surface area contributed by atoms with Crippen LogP contribution < -0.4 is 0 Å². The Morgan fingerprint density at radius 2 is 1.67 bits per heavy atom. The monoisotopic (exact) mass is 312 g/mol. The van der Waals surface area contributed by atoms with E-state index in [1.165, 1.54) is 16.9 Å². The van der Waals surface area contributed by atoms with Gasteiger partial charge in [0.15, 0.2) is 0 Å². The molecule has 0 amide bonds. The Hall–Kier alpha value is 0.540. The van der Waals surface area contributed by atoms with E-state index in [4.69, 9.17) is 0 Å². The maximum atomic E-state index is 10.8. The van der Waals surface area contributed by atoms with Crippen LogP contribution in [0.25, 0.3) is 0 Å². The number of carbonyl (C=O) groups excluding carboxylic acids is 1. The summed E-state index contributed by atoms with van der Waals surface area (Å²) in [6.45, 7) is 14.5. The van der Waals surface area contributed by atoms with Crippen LogP contribution in [-0.2, 0) is 4.79 Å². The van der Waals surface area contributed by atoms with Crippen molar-refractivity contribution < 1.29 is 4.79 Å². The minimum atomic E-state index is -1.66. The topological polar surface area (TPSA) is 17.1 Å². The first-order valence-corrected chi connectivity index (χ1v) is 12.4. The first-order valence-electron chi connectivity index (χ1n) is 6.10. The summed E-state index contributed by atoms with van der Waals surface area (Å²) in [6.07, 6.45) is 2.52. The molecule has 1 nitrogen and oxygen atoms in total. The maximum absolute atomic E-state index is 10.8. The van der Waals surface area contributed by atoms with Gasteiger partial charge in [0, 0.05) is 0 Å². The van der Waals surface area contributed by atoms with Gasteiger partial charge in [0.2, 0.25) is 0 Å². The van der Waals surface area contributed by atoms with Crippen LogP contribution >= 0.6 is 0 Å². The van der Waals surface area contributed by atoms with Gasteiger partial charge in [-0.2, -0.15) is 0 Å². The molecular formula is C13H25InO. The number of rotatable bonds is 2. The Kier molecular flexibility index (Phi) is 3.71. The molecule has 0 aromatic heterocycles. The molecule has 0 N–H and O–H groups in total. The van der Waals surface area contributed by atoms with Crippen LogP contribution in [0.1, 0.15) is 48.0 Å². The predicted octanol–water partition coefficient (Wildman–Crippen LogP) is 3.92. The van der Waals surface area contributed by atoms with Gasteiger partial charge in [-0.05, 0) is 0 Å². The van der Waals surface area contributed by atoms with E-state index in [1.807, 2.05) is 0 Å². The number of hydrogen-bond donors (Lipinski definition) is 0. The zero-order valence-electron chi connectivity index (χ0n) is 11.2. The summed E-state index contributed by atoms with van der Waals surface area (Å²) in [5.74, 6) is 0. The zero-order chi connectivity index (χ0) is 11.9. The second kappa shape index (κ2) is 4.09. The van der Waals surface area contributed by atoms with Gasteiger partial charge in [0.25, 0.3) is 0 Å². The minimum absolute atomic E-state index is 0.377. The summed E-state index contributed by atoms with van der Waals surface area (Å²) in [6, 6.07) is 0. The van der Waals surface area contributed by atoms with E-state index in [2.05, 4.69) is 41.5 Å². The summed E-state index contributed by atoms with van der Waals surface area (Å²) >= 11 is -1.66. The molecule has 0 atom stereocenters. The van der Waals surface area contributed by atoms with Crippen molar-refractivity contribution in [2.45, 2.75) is 59.5 Å². The standard InChI is InChI=1S/C11H22.C2H3O.In/c1-8-10(4,5)11(6,7)9(2)3;1-2-3;/h1,8H2,2-7H3;2H,1H2;. The third-order valence-electron chi connectivity index (χ3n) is 5.82. The third kappa shape index (κ3) is 2.03. The quantitative estimate of drug-likeness (QED) is 0.706. The molecule has 15 heavy (non-hydrogen) atoms. The third-order valence-corrected chi connectivity index (χ3v) is 18.7. The van der Waals surface area contributed by atoms with Gasteiger partial charge in [0.1, 0.15) is 0 Å². The molecular weight excluding hydrogens is 287 g/mol. The Labute approximate surface area is 103 Å². The molecule has 0 bridgehead atoms. The normalized spacial score (nSPS) is 27.5. The van der Waals surface area contributed by atoms with Gasteiger partial charge in [-0.3, -0.25) is 0 Å². The van der Waals surface area contributed by atoms with Crippen molar-refractivity contribution in [3.63, 3.8) is 0 Å². The fourth-order valence-electron chi connectivity index (χ4n) is 3.12. The molecule has 1 aliphatic heterocycles. The van der Waals surface area contributed by atoms with Crippen molar-refractivity contribution in [3.8, 4) is 0 Å². The van der Waals surface area contributed by atoms with E-state index in [9.17, 15) is 4.79 Å². The first kappa shape index (κ1) is 13.6. The van der Waals surface area contributed by atoms with Crippen molar-refractivity contribution in [2.24, 2.45) is 10.8 Å². The summed E-state index contributed by atoms with van der Waals surface area (Å²) in [5, 5.41) is 0. The SMILES string of the molecule is CC1(C)C[CH2][In]([CH2]C=O)[C](C)(C)C1(C)C. The van der Waals surface area contributed by atoms with Crippen LogP contribution in [-0.4, -0.2) is 27.7 Å². The predicted molar refractivity (Wildman–Crippen MR) is 67.7 cm³/mol. The van der Waals surface area contributed by atoms with E-state index in [0.29, 0.717) is 14.0 Å². The Morgan fingerprint density at radius 3 is 2.13 bits per heavy atom. The van der Waals surface area contributed by atoms with Crippen LogP contribution in [0.3, 0.4) is 0 Å². The summed E-state index contributed by atoms with van der Waals surface area (Å²) < 4.78 is 2.80. The molecule has 0 unspecified atom stereocenters.